The van der Waals surface area contributed by atoms with Crippen molar-refractivity contribution in [1.29, 1.82) is 0 Å². The Morgan fingerprint density at radius 3 is 2.09 bits per heavy atom. The van der Waals surface area contributed by atoms with Crippen molar-refractivity contribution in [3.05, 3.63) is 34.9 Å². The van der Waals surface area contributed by atoms with Crippen molar-refractivity contribution in [1.82, 2.24) is 0 Å². The van der Waals surface area contributed by atoms with Crippen molar-refractivity contribution in [3.8, 4) is 11.5 Å². The van der Waals surface area contributed by atoms with E-state index in [1.807, 2.05) is 13.8 Å². The van der Waals surface area contributed by atoms with Crippen molar-refractivity contribution in [2.45, 2.75) is 32.8 Å². The third-order valence-electron chi connectivity index (χ3n) is 3.97. The first-order valence-corrected chi connectivity index (χ1v) is 7.64. The molecule has 5 nitrogen and oxygen atoms in total. The number of benzene rings is 1. The number of hydrogen-bond donors (Lipinski definition) is 1. The number of ketones is 2. The van der Waals surface area contributed by atoms with Crippen LogP contribution in [0.4, 0.5) is 0 Å². The molecule has 5 heteroatoms. The lowest BCUT2D eigenvalue weighted by Crippen LogP contribution is -2.26. The van der Waals surface area contributed by atoms with Gasteiger partial charge in [0.15, 0.2) is 11.6 Å². The zero-order chi connectivity index (χ0) is 17.1. The van der Waals surface area contributed by atoms with Crippen LogP contribution in [0.5, 0.6) is 11.5 Å². The molecule has 0 fully saturated rings. The molecule has 0 radical (unpaired) electrons. The number of allylic oxidation sites excluding steroid dienone is 1. The molecule has 0 saturated carbocycles. The van der Waals surface area contributed by atoms with Crippen molar-refractivity contribution in [2.24, 2.45) is 5.92 Å². The third kappa shape index (κ3) is 3.29. The minimum atomic E-state index is -0.960. The highest BCUT2D eigenvalue weighted by atomic mass is 16.5. The first-order chi connectivity index (χ1) is 10.9. The molecule has 1 unspecified atom stereocenters. The summed E-state index contributed by atoms with van der Waals surface area (Å²) in [6, 6.07) is 3.18. The van der Waals surface area contributed by atoms with Crippen molar-refractivity contribution >= 4 is 11.6 Å². The molecular formula is C18H22O5. The summed E-state index contributed by atoms with van der Waals surface area (Å²) in [5.41, 5.74) is 0.476. The first-order valence-electron chi connectivity index (χ1n) is 7.64. The number of aliphatic hydroxyl groups is 1. The summed E-state index contributed by atoms with van der Waals surface area (Å²) in [5.74, 6) is 0.300. The number of ether oxygens (including phenoxy) is 2. The maximum absolute atomic E-state index is 12.8. The number of hydrogen-bond acceptors (Lipinski definition) is 5. The predicted octanol–water partition coefficient (Wildman–Crippen LogP) is 2.81. The number of carbonyl (C=O) groups excluding carboxylic acids is 2. The number of methoxy groups -OCH3 is 2. The van der Waals surface area contributed by atoms with E-state index in [2.05, 4.69) is 0 Å². The van der Waals surface area contributed by atoms with E-state index in [1.54, 1.807) is 12.1 Å². The van der Waals surface area contributed by atoms with E-state index in [0.29, 0.717) is 23.8 Å². The van der Waals surface area contributed by atoms with Gasteiger partial charge in [-0.2, -0.15) is 0 Å². The van der Waals surface area contributed by atoms with E-state index in [4.69, 9.17) is 9.47 Å². The molecule has 0 spiro atoms. The maximum atomic E-state index is 12.8. The van der Waals surface area contributed by atoms with Crippen LogP contribution < -0.4 is 9.47 Å². The third-order valence-corrected chi connectivity index (χ3v) is 3.97. The van der Waals surface area contributed by atoms with Gasteiger partial charge in [0.2, 0.25) is 0 Å². The standard InChI is InChI=1S/C18H22O5/c1-10(2)5-6-12(19)11-9-13(20)16-14(22-3)7-8-15(23-4)17(16)18(11)21/h7-10,12,19H,5-6H2,1-4H3. The van der Waals surface area contributed by atoms with Gasteiger partial charge in [-0.05, 0) is 37.0 Å². The summed E-state index contributed by atoms with van der Waals surface area (Å²) in [6.07, 6.45) is 1.46. The second-order valence-corrected chi connectivity index (χ2v) is 6.00. The monoisotopic (exact) mass is 318 g/mol. The molecule has 1 aliphatic rings. The van der Waals surface area contributed by atoms with Gasteiger partial charge in [0.05, 0.1) is 31.5 Å². The van der Waals surface area contributed by atoms with Gasteiger partial charge in [-0.1, -0.05) is 13.8 Å². The second kappa shape index (κ2) is 6.96. The zero-order valence-corrected chi connectivity index (χ0v) is 13.9. The summed E-state index contributed by atoms with van der Waals surface area (Å²) in [5, 5.41) is 10.3. The summed E-state index contributed by atoms with van der Waals surface area (Å²) in [7, 11) is 2.88. The second-order valence-electron chi connectivity index (χ2n) is 6.00. The first kappa shape index (κ1) is 17.2. The molecule has 0 aliphatic heterocycles. The number of Topliss-reactive ketones (excluding diaryl/α,β-unsaturated/α-hetero) is 1. The number of carbonyl (C=O) groups is 2. The number of rotatable bonds is 6. The fourth-order valence-corrected chi connectivity index (χ4v) is 2.69. The van der Waals surface area contributed by atoms with Gasteiger partial charge in [-0.15, -0.1) is 0 Å². The van der Waals surface area contributed by atoms with Gasteiger partial charge in [-0.25, -0.2) is 0 Å². The van der Waals surface area contributed by atoms with E-state index >= 15 is 0 Å². The highest BCUT2D eigenvalue weighted by molar-refractivity contribution is 6.27. The van der Waals surface area contributed by atoms with Crippen LogP contribution in [0.15, 0.2) is 23.8 Å². The molecule has 124 valence electrons. The van der Waals surface area contributed by atoms with E-state index in [-0.39, 0.29) is 28.3 Å². The van der Waals surface area contributed by atoms with Gasteiger partial charge in [-0.3, -0.25) is 9.59 Å². The smallest absolute Gasteiger partial charge is 0.196 e. The van der Waals surface area contributed by atoms with Crippen LogP contribution in [0.2, 0.25) is 0 Å². The molecular weight excluding hydrogens is 296 g/mol. The molecule has 1 aromatic rings. The molecule has 1 N–H and O–H groups in total. The normalized spacial score (nSPS) is 15.3. The average Bonchev–Trinajstić information content (AvgIpc) is 2.54. The highest BCUT2D eigenvalue weighted by Crippen LogP contribution is 2.36. The Bertz CT molecular complexity index is 658. The molecule has 0 heterocycles. The number of fused-ring (bicyclic) bond motifs is 1. The molecule has 2 rings (SSSR count). The lowest BCUT2D eigenvalue weighted by molar-refractivity contribution is 0.0934. The maximum Gasteiger partial charge on any atom is 0.196 e. The average molecular weight is 318 g/mol. The van der Waals surface area contributed by atoms with Crippen LogP contribution in [-0.2, 0) is 0 Å². The Morgan fingerprint density at radius 1 is 1.00 bits per heavy atom. The summed E-state index contributed by atoms with van der Waals surface area (Å²) in [6.45, 7) is 4.08. The zero-order valence-electron chi connectivity index (χ0n) is 13.9. The summed E-state index contributed by atoms with van der Waals surface area (Å²) in [4.78, 5) is 25.2. The van der Waals surface area contributed by atoms with Gasteiger partial charge < -0.3 is 14.6 Å². The molecule has 23 heavy (non-hydrogen) atoms. The Labute approximate surface area is 135 Å². The Morgan fingerprint density at radius 2 is 1.57 bits per heavy atom. The molecule has 0 bridgehead atoms. The quantitative estimate of drug-likeness (QED) is 0.873. The van der Waals surface area contributed by atoms with E-state index in [0.717, 1.165) is 6.42 Å². The number of aliphatic hydroxyl groups excluding tert-OH is 1. The van der Waals surface area contributed by atoms with Crippen LogP contribution in [0.3, 0.4) is 0 Å². The van der Waals surface area contributed by atoms with Gasteiger partial charge in [0, 0.05) is 5.57 Å². The molecule has 0 aromatic heterocycles. The minimum absolute atomic E-state index is 0.120. The molecule has 0 amide bonds. The largest absolute Gasteiger partial charge is 0.496 e. The van der Waals surface area contributed by atoms with Crippen LogP contribution in [0, 0.1) is 5.92 Å². The van der Waals surface area contributed by atoms with Crippen LogP contribution in [0.1, 0.15) is 47.4 Å². The predicted molar refractivity (Wildman–Crippen MR) is 86.4 cm³/mol. The van der Waals surface area contributed by atoms with Gasteiger partial charge >= 0.3 is 0 Å². The fourth-order valence-electron chi connectivity index (χ4n) is 2.69. The summed E-state index contributed by atoms with van der Waals surface area (Å²) < 4.78 is 10.4. The van der Waals surface area contributed by atoms with Crippen LogP contribution in [-0.4, -0.2) is 37.0 Å². The van der Waals surface area contributed by atoms with Gasteiger partial charge in [0.25, 0.3) is 0 Å². The molecule has 1 aliphatic carbocycles. The SMILES string of the molecule is COc1ccc(OC)c2c1C(=O)C=C(C(O)CCC(C)C)C2=O. The van der Waals surface area contributed by atoms with E-state index < -0.39 is 6.10 Å². The molecule has 1 aromatic carbocycles. The fraction of sp³-hybridized carbons (Fsp3) is 0.444. The summed E-state index contributed by atoms with van der Waals surface area (Å²) >= 11 is 0. The lowest BCUT2D eigenvalue weighted by Gasteiger charge is -2.22. The minimum Gasteiger partial charge on any atom is -0.496 e. The van der Waals surface area contributed by atoms with E-state index in [9.17, 15) is 14.7 Å². The van der Waals surface area contributed by atoms with E-state index in [1.165, 1.54) is 20.3 Å². The van der Waals surface area contributed by atoms with Crippen molar-refractivity contribution in [2.75, 3.05) is 14.2 Å². The Hall–Kier alpha value is -2.14. The highest BCUT2D eigenvalue weighted by Gasteiger charge is 2.34. The van der Waals surface area contributed by atoms with Crippen molar-refractivity contribution in [3.63, 3.8) is 0 Å². The Balaban J connectivity index is 2.46. The van der Waals surface area contributed by atoms with Crippen molar-refractivity contribution < 1.29 is 24.2 Å². The van der Waals surface area contributed by atoms with Gasteiger partial charge in [0.1, 0.15) is 11.5 Å². The van der Waals surface area contributed by atoms with Crippen LogP contribution >= 0.6 is 0 Å². The Kier molecular flexibility index (Phi) is 5.21. The molecule has 0 saturated heterocycles. The van der Waals surface area contributed by atoms with Crippen LogP contribution in [0.25, 0.3) is 0 Å². The lowest BCUT2D eigenvalue weighted by atomic mass is 9.84. The topological polar surface area (TPSA) is 72.8 Å². The molecule has 1 atom stereocenters.